The van der Waals surface area contributed by atoms with Gasteiger partial charge in [0.25, 0.3) is 0 Å². The van der Waals surface area contributed by atoms with Crippen LogP contribution in [-0.4, -0.2) is 21.6 Å². The molecule has 0 bridgehead atoms. The number of rotatable bonds is 5. The topological polar surface area (TPSA) is 20.3 Å². The van der Waals surface area contributed by atoms with Crippen LogP contribution in [-0.2, 0) is 11.0 Å². The molecule has 0 heterocycles. The quantitative estimate of drug-likeness (QED) is 0.732. The Labute approximate surface area is 88.5 Å². The molecule has 0 fully saturated rings. The fourth-order valence-corrected chi connectivity index (χ4v) is 2.56. The molecular formula is C11H17NOS. The van der Waals surface area contributed by atoms with E-state index in [-0.39, 0.29) is 0 Å². The first-order valence-electron chi connectivity index (χ1n) is 5.01. The van der Waals surface area contributed by atoms with Crippen molar-refractivity contribution in [3.8, 4) is 0 Å². The molecule has 0 aromatic heterocycles. The third-order valence-corrected chi connectivity index (χ3v) is 3.59. The molecule has 0 saturated carbocycles. The molecule has 1 aromatic carbocycles. The Balaban J connectivity index is 2.73. The minimum atomic E-state index is -0.988. The molecule has 0 N–H and O–H groups in total. The molecular weight excluding hydrogens is 194 g/mol. The van der Waals surface area contributed by atoms with Gasteiger partial charge in [0.2, 0.25) is 0 Å². The molecule has 14 heavy (non-hydrogen) atoms. The van der Waals surface area contributed by atoms with E-state index >= 15 is 0 Å². The molecule has 0 spiro atoms. The monoisotopic (exact) mass is 211 g/mol. The predicted molar refractivity (Wildman–Crippen MR) is 60.4 cm³/mol. The van der Waals surface area contributed by atoms with E-state index in [9.17, 15) is 4.21 Å². The Bertz CT molecular complexity index is 287. The van der Waals surface area contributed by atoms with Gasteiger partial charge in [0.1, 0.15) is 11.0 Å². The van der Waals surface area contributed by atoms with Crippen LogP contribution in [0.15, 0.2) is 35.2 Å². The van der Waals surface area contributed by atoms with Gasteiger partial charge in [-0.25, -0.2) is 8.51 Å². The van der Waals surface area contributed by atoms with Gasteiger partial charge in [-0.2, -0.15) is 0 Å². The largest absolute Gasteiger partial charge is 0.237 e. The van der Waals surface area contributed by atoms with Crippen molar-refractivity contribution >= 4 is 11.0 Å². The Morgan fingerprint density at radius 2 is 1.86 bits per heavy atom. The van der Waals surface area contributed by atoms with E-state index in [1.807, 2.05) is 41.6 Å². The Morgan fingerprint density at radius 3 is 2.36 bits per heavy atom. The third kappa shape index (κ3) is 2.93. The van der Waals surface area contributed by atoms with E-state index in [0.717, 1.165) is 24.4 Å². The molecule has 78 valence electrons. The maximum Gasteiger partial charge on any atom is 0.127 e. The second-order valence-electron chi connectivity index (χ2n) is 3.08. The van der Waals surface area contributed by atoms with Gasteiger partial charge in [-0.15, -0.1) is 0 Å². The number of benzene rings is 1. The zero-order chi connectivity index (χ0) is 10.4. The normalized spacial score (nSPS) is 13.1. The van der Waals surface area contributed by atoms with Gasteiger partial charge in [0.05, 0.1) is 4.90 Å². The molecule has 0 amide bonds. The Kier molecular flexibility index (Phi) is 4.84. The molecule has 0 aliphatic carbocycles. The zero-order valence-electron chi connectivity index (χ0n) is 8.77. The smallest absolute Gasteiger partial charge is 0.127 e. The first-order chi connectivity index (χ1) is 6.79. The fraction of sp³-hybridized carbons (Fsp3) is 0.455. The molecule has 3 heteroatoms. The standard InChI is InChI=1S/C11H17NOS/c1-3-10-12(4-2)14(13)11-8-6-5-7-9-11/h5-9H,3-4,10H2,1-2H3. The predicted octanol–water partition coefficient (Wildman–Crippen LogP) is 2.44. The molecule has 1 unspecified atom stereocenters. The highest BCUT2D eigenvalue weighted by molar-refractivity contribution is 7.82. The van der Waals surface area contributed by atoms with Crippen molar-refractivity contribution in [3.05, 3.63) is 30.3 Å². The minimum absolute atomic E-state index is 0.829. The van der Waals surface area contributed by atoms with Crippen LogP contribution in [0, 0.1) is 0 Å². The van der Waals surface area contributed by atoms with Crippen LogP contribution in [0.5, 0.6) is 0 Å². The van der Waals surface area contributed by atoms with Crippen LogP contribution in [0.1, 0.15) is 20.3 Å². The van der Waals surface area contributed by atoms with Crippen LogP contribution in [0.2, 0.25) is 0 Å². The highest BCUT2D eigenvalue weighted by atomic mass is 32.2. The van der Waals surface area contributed by atoms with Crippen molar-refractivity contribution in [2.75, 3.05) is 13.1 Å². The van der Waals surface area contributed by atoms with Gasteiger partial charge in [0, 0.05) is 13.1 Å². The number of hydrogen-bond donors (Lipinski definition) is 0. The highest BCUT2D eigenvalue weighted by Crippen LogP contribution is 2.10. The van der Waals surface area contributed by atoms with Crippen LogP contribution >= 0.6 is 0 Å². The summed E-state index contributed by atoms with van der Waals surface area (Å²) in [7, 11) is -0.988. The summed E-state index contributed by atoms with van der Waals surface area (Å²) < 4.78 is 14.0. The van der Waals surface area contributed by atoms with Crippen LogP contribution < -0.4 is 0 Å². The second kappa shape index (κ2) is 5.94. The minimum Gasteiger partial charge on any atom is -0.237 e. The lowest BCUT2D eigenvalue weighted by Gasteiger charge is -2.17. The summed E-state index contributed by atoms with van der Waals surface area (Å²) in [6.07, 6.45) is 1.03. The maximum atomic E-state index is 12.0. The van der Waals surface area contributed by atoms with Crippen molar-refractivity contribution < 1.29 is 4.21 Å². The zero-order valence-corrected chi connectivity index (χ0v) is 9.59. The maximum absolute atomic E-state index is 12.0. The molecule has 0 saturated heterocycles. The molecule has 1 aromatic rings. The van der Waals surface area contributed by atoms with Crippen molar-refractivity contribution in [1.29, 1.82) is 0 Å². The summed E-state index contributed by atoms with van der Waals surface area (Å²) in [6.45, 7) is 5.86. The Hall–Kier alpha value is -0.670. The van der Waals surface area contributed by atoms with E-state index in [1.54, 1.807) is 0 Å². The van der Waals surface area contributed by atoms with E-state index < -0.39 is 11.0 Å². The van der Waals surface area contributed by atoms with E-state index in [0.29, 0.717) is 0 Å². The summed E-state index contributed by atoms with van der Waals surface area (Å²) in [4.78, 5) is 0.891. The molecule has 1 atom stereocenters. The summed E-state index contributed by atoms with van der Waals surface area (Å²) in [5, 5.41) is 0. The first-order valence-corrected chi connectivity index (χ1v) is 6.12. The van der Waals surface area contributed by atoms with Gasteiger partial charge < -0.3 is 0 Å². The lowest BCUT2D eigenvalue weighted by molar-refractivity contribution is 0.464. The van der Waals surface area contributed by atoms with Crippen LogP contribution in [0.25, 0.3) is 0 Å². The van der Waals surface area contributed by atoms with Gasteiger partial charge in [-0.3, -0.25) is 0 Å². The second-order valence-corrected chi connectivity index (χ2v) is 4.57. The van der Waals surface area contributed by atoms with Crippen molar-refractivity contribution in [3.63, 3.8) is 0 Å². The lowest BCUT2D eigenvalue weighted by Crippen LogP contribution is -2.26. The third-order valence-electron chi connectivity index (χ3n) is 2.01. The van der Waals surface area contributed by atoms with Crippen LogP contribution in [0.3, 0.4) is 0 Å². The molecule has 0 radical (unpaired) electrons. The molecule has 0 aliphatic rings. The lowest BCUT2D eigenvalue weighted by atomic mass is 10.4. The summed E-state index contributed by atoms with van der Waals surface area (Å²) >= 11 is 0. The van der Waals surface area contributed by atoms with Crippen molar-refractivity contribution in [2.45, 2.75) is 25.2 Å². The van der Waals surface area contributed by atoms with Gasteiger partial charge in [-0.1, -0.05) is 32.0 Å². The summed E-state index contributed by atoms with van der Waals surface area (Å²) in [5.41, 5.74) is 0. The molecule has 1 rings (SSSR count). The van der Waals surface area contributed by atoms with Gasteiger partial charge in [-0.05, 0) is 18.6 Å². The van der Waals surface area contributed by atoms with Gasteiger partial charge >= 0.3 is 0 Å². The average molecular weight is 211 g/mol. The molecule has 2 nitrogen and oxygen atoms in total. The first kappa shape index (κ1) is 11.4. The van der Waals surface area contributed by atoms with Crippen molar-refractivity contribution in [1.82, 2.24) is 4.31 Å². The SMILES string of the molecule is CCCN(CC)S(=O)c1ccccc1. The molecule has 0 aliphatic heterocycles. The number of hydrogen-bond acceptors (Lipinski definition) is 1. The fourth-order valence-electron chi connectivity index (χ4n) is 1.29. The van der Waals surface area contributed by atoms with E-state index in [4.69, 9.17) is 0 Å². The average Bonchev–Trinajstić information content (AvgIpc) is 2.26. The van der Waals surface area contributed by atoms with Crippen molar-refractivity contribution in [2.24, 2.45) is 0 Å². The number of nitrogens with zero attached hydrogens (tertiary/aromatic N) is 1. The van der Waals surface area contributed by atoms with E-state index in [1.165, 1.54) is 0 Å². The summed E-state index contributed by atoms with van der Waals surface area (Å²) in [6, 6.07) is 9.61. The van der Waals surface area contributed by atoms with Gasteiger partial charge in [0.15, 0.2) is 0 Å². The van der Waals surface area contributed by atoms with E-state index in [2.05, 4.69) is 6.92 Å². The summed E-state index contributed by atoms with van der Waals surface area (Å²) in [5.74, 6) is 0. The highest BCUT2D eigenvalue weighted by Gasteiger charge is 2.11. The Morgan fingerprint density at radius 1 is 1.21 bits per heavy atom. The van der Waals surface area contributed by atoms with Crippen LogP contribution in [0.4, 0.5) is 0 Å².